The minimum Gasteiger partial charge on any atom is -0.481 e. The number of aliphatic carboxylic acids is 2. The van der Waals surface area contributed by atoms with E-state index in [-0.39, 0.29) is 12.3 Å². The van der Waals surface area contributed by atoms with Gasteiger partial charge in [0.25, 0.3) is 0 Å². The number of rotatable bonds is 14. The van der Waals surface area contributed by atoms with Crippen molar-refractivity contribution in [3.8, 4) is 0 Å². The molecule has 14 heteroatoms. The molecule has 0 radical (unpaired) electrons. The van der Waals surface area contributed by atoms with Gasteiger partial charge in [0.2, 0.25) is 23.6 Å². The Morgan fingerprint density at radius 2 is 1.31 bits per heavy atom. The molecule has 0 aliphatic carbocycles. The zero-order valence-electron chi connectivity index (χ0n) is 18.0. The van der Waals surface area contributed by atoms with Gasteiger partial charge in [-0.3, -0.25) is 24.0 Å². The third-order valence-electron chi connectivity index (χ3n) is 4.16. The zero-order valence-corrected chi connectivity index (χ0v) is 18.0. The van der Waals surface area contributed by atoms with Crippen LogP contribution in [0.25, 0.3) is 0 Å². The second kappa shape index (κ2) is 13.2. The van der Waals surface area contributed by atoms with E-state index < -0.39 is 78.7 Å². The second-order valence-corrected chi connectivity index (χ2v) is 7.69. The highest BCUT2D eigenvalue weighted by Crippen LogP contribution is 2.07. The van der Waals surface area contributed by atoms with Gasteiger partial charge in [0, 0.05) is 0 Å². The Balaban J connectivity index is 5.53. The number of aliphatic hydroxyl groups is 1. The molecule has 10 N–H and O–H groups in total. The lowest BCUT2D eigenvalue weighted by Crippen LogP contribution is -2.59. The number of hydrogen-bond donors (Lipinski definition) is 8. The van der Waals surface area contributed by atoms with E-state index in [9.17, 15) is 33.9 Å². The number of aliphatic hydroxyl groups excluding tert-OH is 1. The molecule has 0 heterocycles. The number of carbonyl (C=O) groups is 6. The molecule has 0 saturated heterocycles. The highest BCUT2D eigenvalue weighted by atomic mass is 16.4. The minimum atomic E-state index is -1.63. The predicted octanol–water partition coefficient (Wildman–Crippen LogP) is -3.37. The van der Waals surface area contributed by atoms with Crippen LogP contribution in [-0.4, -0.2) is 81.2 Å². The van der Waals surface area contributed by atoms with Gasteiger partial charge in [0.05, 0.1) is 25.0 Å². The van der Waals surface area contributed by atoms with Crippen LogP contribution in [0.2, 0.25) is 0 Å². The van der Waals surface area contributed by atoms with Crippen LogP contribution in [-0.2, 0) is 28.8 Å². The highest BCUT2D eigenvalue weighted by molar-refractivity contribution is 5.96. The maximum absolute atomic E-state index is 12.7. The molecule has 0 spiro atoms. The van der Waals surface area contributed by atoms with E-state index in [4.69, 9.17) is 21.7 Å². The van der Waals surface area contributed by atoms with Crippen molar-refractivity contribution < 1.29 is 44.1 Å². The van der Waals surface area contributed by atoms with E-state index in [0.29, 0.717) is 0 Å². The Bertz CT molecular complexity index is 726. The van der Waals surface area contributed by atoms with Gasteiger partial charge >= 0.3 is 11.9 Å². The lowest BCUT2D eigenvalue weighted by atomic mass is 10.0. The van der Waals surface area contributed by atoms with Gasteiger partial charge in [-0.05, 0) is 19.3 Å². The summed E-state index contributed by atoms with van der Waals surface area (Å²) >= 11 is 0. The molecule has 0 aromatic heterocycles. The van der Waals surface area contributed by atoms with Crippen molar-refractivity contribution in [2.75, 3.05) is 0 Å². The average Bonchev–Trinajstić information content (AvgIpc) is 2.62. The molecule has 0 rings (SSSR count). The Morgan fingerprint density at radius 3 is 1.72 bits per heavy atom. The highest BCUT2D eigenvalue weighted by Gasteiger charge is 2.32. The summed E-state index contributed by atoms with van der Waals surface area (Å²) in [7, 11) is 0. The molecule has 14 nitrogen and oxygen atoms in total. The third-order valence-corrected chi connectivity index (χ3v) is 4.16. The average molecular weight is 461 g/mol. The maximum Gasteiger partial charge on any atom is 0.328 e. The van der Waals surface area contributed by atoms with Crippen LogP contribution in [0.1, 0.15) is 40.0 Å². The summed E-state index contributed by atoms with van der Waals surface area (Å²) in [6.45, 7) is 4.61. The van der Waals surface area contributed by atoms with Crippen LogP contribution in [0, 0.1) is 5.92 Å². The first-order chi connectivity index (χ1) is 14.6. The molecule has 0 bridgehead atoms. The van der Waals surface area contributed by atoms with Gasteiger partial charge in [-0.2, -0.15) is 0 Å². The van der Waals surface area contributed by atoms with Crippen molar-refractivity contribution >= 4 is 35.6 Å². The van der Waals surface area contributed by atoms with E-state index in [2.05, 4.69) is 16.0 Å². The van der Waals surface area contributed by atoms with Crippen LogP contribution in [0.15, 0.2) is 0 Å². The molecule has 0 aromatic rings. The van der Waals surface area contributed by atoms with Crippen LogP contribution in [0.4, 0.5) is 0 Å². The lowest BCUT2D eigenvalue weighted by Gasteiger charge is -2.26. The second-order valence-electron chi connectivity index (χ2n) is 7.69. The molecule has 0 saturated carbocycles. The molecule has 4 amide bonds. The first-order valence-corrected chi connectivity index (χ1v) is 9.73. The predicted molar refractivity (Wildman–Crippen MR) is 109 cm³/mol. The smallest absolute Gasteiger partial charge is 0.328 e. The van der Waals surface area contributed by atoms with E-state index in [0.717, 1.165) is 6.92 Å². The van der Waals surface area contributed by atoms with Gasteiger partial charge in [-0.1, -0.05) is 13.8 Å². The quantitative estimate of drug-likeness (QED) is 0.127. The van der Waals surface area contributed by atoms with E-state index >= 15 is 0 Å². The fraction of sp³-hybridized carbons (Fsp3) is 0.667. The molecular formula is C18H31N5O9. The topological polar surface area (TPSA) is 251 Å². The molecule has 182 valence electrons. The van der Waals surface area contributed by atoms with Crippen LogP contribution in [0.3, 0.4) is 0 Å². The third kappa shape index (κ3) is 10.7. The van der Waals surface area contributed by atoms with Crippen molar-refractivity contribution in [1.29, 1.82) is 0 Å². The Labute approximate surface area is 184 Å². The standard InChI is InChI=1S/C18H31N5O9/c1-7(2)4-10(17(30)23-14(8(3)24)18(31)32)22-16(29)11(6-12(20)25)21-15(28)9(19)5-13(26)27/h7-11,14,24H,4-6,19H2,1-3H3,(H2,20,25)(H,21,28)(H,22,29)(H,23,30)(H,26,27)(H,31,32). The number of primary amides is 1. The molecular weight excluding hydrogens is 430 g/mol. The summed E-state index contributed by atoms with van der Waals surface area (Å²) in [6, 6.07) is -5.98. The first-order valence-electron chi connectivity index (χ1n) is 9.73. The molecule has 0 aliphatic rings. The van der Waals surface area contributed by atoms with Gasteiger partial charge in [-0.25, -0.2) is 4.79 Å². The van der Waals surface area contributed by atoms with Crippen molar-refractivity contribution in [2.45, 2.75) is 70.3 Å². The van der Waals surface area contributed by atoms with E-state index in [1.807, 2.05) is 0 Å². The number of hydrogen-bond acceptors (Lipinski definition) is 8. The molecule has 5 atom stereocenters. The minimum absolute atomic E-state index is 0.0550. The van der Waals surface area contributed by atoms with Crippen LogP contribution < -0.4 is 27.4 Å². The van der Waals surface area contributed by atoms with Crippen LogP contribution >= 0.6 is 0 Å². The first kappa shape index (κ1) is 28.7. The molecule has 5 unspecified atom stereocenters. The summed E-state index contributed by atoms with van der Waals surface area (Å²) < 4.78 is 0. The monoisotopic (exact) mass is 461 g/mol. The summed E-state index contributed by atoms with van der Waals surface area (Å²) in [6.07, 6.45) is -2.77. The number of nitrogens with two attached hydrogens (primary N) is 2. The largest absolute Gasteiger partial charge is 0.481 e. The van der Waals surface area contributed by atoms with Crippen LogP contribution in [0.5, 0.6) is 0 Å². The summed E-state index contributed by atoms with van der Waals surface area (Å²) in [5.41, 5.74) is 10.5. The Hall–Kier alpha value is -3.26. The van der Waals surface area contributed by atoms with E-state index in [1.54, 1.807) is 13.8 Å². The van der Waals surface area contributed by atoms with Crippen molar-refractivity contribution in [3.05, 3.63) is 0 Å². The van der Waals surface area contributed by atoms with Gasteiger partial charge < -0.3 is 42.7 Å². The number of carboxylic acids is 2. The Morgan fingerprint density at radius 1 is 0.812 bits per heavy atom. The van der Waals surface area contributed by atoms with Gasteiger partial charge in [-0.15, -0.1) is 0 Å². The SMILES string of the molecule is CC(C)CC(NC(=O)C(CC(N)=O)NC(=O)C(N)CC(=O)O)C(=O)NC(C(=O)O)C(C)O. The molecule has 0 fully saturated rings. The maximum atomic E-state index is 12.7. The molecule has 0 aromatic carbocycles. The van der Waals surface area contributed by atoms with Crippen molar-refractivity contribution in [1.82, 2.24) is 16.0 Å². The lowest BCUT2D eigenvalue weighted by molar-refractivity contribution is -0.145. The molecule has 0 aliphatic heterocycles. The summed E-state index contributed by atoms with van der Waals surface area (Å²) in [4.78, 5) is 70.6. The number of carbonyl (C=O) groups excluding carboxylic acids is 4. The fourth-order valence-corrected chi connectivity index (χ4v) is 2.59. The van der Waals surface area contributed by atoms with Gasteiger partial charge in [0.1, 0.15) is 12.1 Å². The summed E-state index contributed by atoms with van der Waals surface area (Å²) in [5.74, 6) is -6.90. The van der Waals surface area contributed by atoms with Crippen molar-refractivity contribution in [2.24, 2.45) is 17.4 Å². The van der Waals surface area contributed by atoms with Gasteiger partial charge in [0.15, 0.2) is 6.04 Å². The normalized spacial score (nSPS) is 15.6. The number of carboxylic acid groups (broad SMARTS) is 2. The molecule has 32 heavy (non-hydrogen) atoms. The zero-order chi connectivity index (χ0) is 25.2. The number of amides is 4. The van der Waals surface area contributed by atoms with E-state index in [1.165, 1.54) is 0 Å². The number of nitrogens with one attached hydrogen (secondary N) is 3. The fourth-order valence-electron chi connectivity index (χ4n) is 2.59. The Kier molecular flexibility index (Phi) is 11.9. The van der Waals surface area contributed by atoms with Crippen molar-refractivity contribution in [3.63, 3.8) is 0 Å². The summed E-state index contributed by atoms with van der Waals surface area (Å²) in [5, 5.41) is 33.9.